The van der Waals surface area contributed by atoms with E-state index >= 15 is 0 Å². The van der Waals surface area contributed by atoms with Gasteiger partial charge in [0, 0.05) is 13.1 Å². The molecule has 1 atom stereocenters. The summed E-state index contributed by atoms with van der Waals surface area (Å²) in [7, 11) is 0. The molecule has 1 saturated heterocycles. The summed E-state index contributed by atoms with van der Waals surface area (Å²) < 4.78 is 0. The van der Waals surface area contributed by atoms with Crippen LogP contribution in [0.5, 0.6) is 0 Å². The van der Waals surface area contributed by atoms with E-state index in [1.807, 2.05) is 0 Å². The van der Waals surface area contributed by atoms with Crippen LogP contribution in [0.3, 0.4) is 0 Å². The van der Waals surface area contributed by atoms with Gasteiger partial charge in [0.1, 0.15) is 6.04 Å². The van der Waals surface area contributed by atoms with Gasteiger partial charge in [0.25, 0.3) is 0 Å². The van der Waals surface area contributed by atoms with Crippen LogP contribution in [0.4, 0.5) is 4.79 Å². The highest BCUT2D eigenvalue weighted by atomic mass is 16.4. The van der Waals surface area contributed by atoms with Gasteiger partial charge in [0.15, 0.2) is 0 Å². The maximum atomic E-state index is 12.0. The molecule has 7 nitrogen and oxygen atoms in total. The zero-order chi connectivity index (χ0) is 15.3. The van der Waals surface area contributed by atoms with E-state index in [4.69, 9.17) is 10.8 Å². The number of hydrogen-bond acceptors (Lipinski definition) is 3. The van der Waals surface area contributed by atoms with Gasteiger partial charge in [0.2, 0.25) is 5.91 Å². The zero-order valence-corrected chi connectivity index (χ0v) is 12.0. The first-order chi connectivity index (χ1) is 9.31. The van der Waals surface area contributed by atoms with Crippen molar-refractivity contribution in [3.8, 4) is 0 Å². The van der Waals surface area contributed by atoms with Crippen LogP contribution >= 0.6 is 0 Å². The SMILES string of the molecule is CC(C)C1CCN(C(=O)N[C@@H](CC(N)=O)C(=O)O)CC1. The minimum atomic E-state index is -1.26. The highest BCUT2D eigenvalue weighted by Gasteiger charge is 2.28. The van der Waals surface area contributed by atoms with E-state index in [-0.39, 0.29) is 0 Å². The van der Waals surface area contributed by atoms with Crippen LogP contribution in [-0.4, -0.2) is 47.0 Å². The molecule has 0 bridgehead atoms. The highest BCUT2D eigenvalue weighted by Crippen LogP contribution is 2.24. The molecule has 1 rings (SSSR count). The number of carbonyl (C=O) groups excluding carboxylic acids is 2. The molecule has 0 aliphatic carbocycles. The van der Waals surface area contributed by atoms with E-state index in [2.05, 4.69) is 19.2 Å². The molecule has 0 saturated carbocycles. The molecule has 1 aliphatic heterocycles. The average Bonchev–Trinajstić information content (AvgIpc) is 2.37. The van der Waals surface area contributed by atoms with E-state index in [9.17, 15) is 14.4 Å². The predicted octanol–water partition coefficient (Wildman–Crippen LogP) is 0.393. The van der Waals surface area contributed by atoms with Crippen molar-refractivity contribution in [2.45, 2.75) is 39.2 Å². The van der Waals surface area contributed by atoms with E-state index in [1.54, 1.807) is 4.90 Å². The van der Waals surface area contributed by atoms with Gasteiger partial charge in [0.05, 0.1) is 6.42 Å². The molecular weight excluding hydrogens is 262 g/mol. The van der Waals surface area contributed by atoms with Crippen molar-refractivity contribution in [1.82, 2.24) is 10.2 Å². The molecule has 4 N–H and O–H groups in total. The molecule has 0 aromatic rings. The number of primary amides is 1. The summed E-state index contributed by atoms with van der Waals surface area (Å²) in [6, 6.07) is -1.70. The van der Waals surface area contributed by atoms with Crippen molar-refractivity contribution in [2.24, 2.45) is 17.6 Å². The number of hydrogen-bond donors (Lipinski definition) is 3. The van der Waals surface area contributed by atoms with Crippen molar-refractivity contribution < 1.29 is 19.5 Å². The third-order valence-corrected chi connectivity index (χ3v) is 3.77. The second kappa shape index (κ2) is 7.12. The summed E-state index contributed by atoms with van der Waals surface area (Å²) in [4.78, 5) is 35.3. The van der Waals surface area contributed by atoms with E-state index in [0.717, 1.165) is 12.8 Å². The fourth-order valence-electron chi connectivity index (χ4n) is 2.41. The summed E-state index contributed by atoms with van der Waals surface area (Å²) in [6.45, 7) is 5.54. The molecule has 3 amide bonds. The summed E-state index contributed by atoms with van der Waals surface area (Å²) >= 11 is 0. The number of rotatable bonds is 5. The van der Waals surface area contributed by atoms with E-state index < -0.39 is 30.4 Å². The molecule has 7 heteroatoms. The van der Waals surface area contributed by atoms with Crippen LogP contribution in [0.2, 0.25) is 0 Å². The fraction of sp³-hybridized carbons (Fsp3) is 0.769. The molecular formula is C13H23N3O4. The van der Waals surface area contributed by atoms with Crippen LogP contribution < -0.4 is 11.1 Å². The average molecular weight is 285 g/mol. The standard InChI is InChI=1S/C13H23N3O4/c1-8(2)9-3-5-16(6-4-9)13(20)15-10(12(18)19)7-11(14)17/h8-10H,3-7H2,1-2H3,(H2,14,17)(H,15,20)(H,18,19)/t10-/m0/s1. The van der Waals surface area contributed by atoms with Gasteiger partial charge in [-0.3, -0.25) is 4.79 Å². The minimum absolute atomic E-state index is 0.399. The van der Waals surface area contributed by atoms with E-state index in [0.29, 0.717) is 24.9 Å². The Morgan fingerprint density at radius 1 is 1.30 bits per heavy atom. The topological polar surface area (TPSA) is 113 Å². The van der Waals surface area contributed by atoms with Crippen LogP contribution in [0.15, 0.2) is 0 Å². The van der Waals surface area contributed by atoms with Gasteiger partial charge in [-0.25, -0.2) is 9.59 Å². The maximum absolute atomic E-state index is 12.0. The minimum Gasteiger partial charge on any atom is -0.480 e. The Morgan fingerprint density at radius 3 is 2.25 bits per heavy atom. The summed E-state index contributed by atoms with van der Waals surface area (Å²) in [5, 5.41) is 11.3. The molecule has 1 aliphatic rings. The largest absolute Gasteiger partial charge is 0.480 e. The molecule has 0 spiro atoms. The van der Waals surface area contributed by atoms with Crippen LogP contribution in [0, 0.1) is 11.8 Å². The Balaban J connectivity index is 2.50. The lowest BCUT2D eigenvalue weighted by molar-refractivity contribution is -0.141. The number of likely N-dealkylation sites (tertiary alicyclic amines) is 1. The number of nitrogens with zero attached hydrogens (tertiary/aromatic N) is 1. The van der Waals surface area contributed by atoms with Crippen LogP contribution in [0.25, 0.3) is 0 Å². The highest BCUT2D eigenvalue weighted by molar-refractivity contribution is 5.87. The number of nitrogens with one attached hydrogen (secondary N) is 1. The lowest BCUT2D eigenvalue weighted by Crippen LogP contribution is -2.51. The number of aliphatic carboxylic acids is 1. The number of piperidine rings is 1. The Labute approximate surface area is 118 Å². The summed E-state index contributed by atoms with van der Waals surface area (Å²) in [5.74, 6) is -0.827. The molecule has 20 heavy (non-hydrogen) atoms. The number of amides is 3. The fourth-order valence-corrected chi connectivity index (χ4v) is 2.41. The lowest BCUT2D eigenvalue weighted by atomic mass is 9.87. The number of urea groups is 1. The first-order valence-corrected chi connectivity index (χ1v) is 6.87. The molecule has 0 aromatic carbocycles. The molecule has 1 heterocycles. The predicted molar refractivity (Wildman–Crippen MR) is 72.9 cm³/mol. The second-order valence-corrected chi connectivity index (χ2v) is 5.58. The quantitative estimate of drug-likeness (QED) is 0.678. The third kappa shape index (κ3) is 4.71. The monoisotopic (exact) mass is 285 g/mol. The smallest absolute Gasteiger partial charge is 0.326 e. The Hall–Kier alpha value is -1.79. The van der Waals surface area contributed by atoms with Crippen molar-refractivity contribution in [3.05, 3.63) is 0 Å². The van der Waals surface area contributed by atoms with Crippen molar-refractivity contribution in [1.29, 1.82) is 0 Å². The van der Waals surface area contributed by atoms with Gasteiger partial charge < -0.3 is 21.1 Å². The van der Waals surface area contributed by atoms with E-state index in [1.165, 1.54) is 0 Å². The summed E-state index contributed by atoms with van der Waals surface area (Å²) in [5.41, 5.74) is 4.97. The van der Waals surface area contributed by atoms with Crippen LogP contribution in [0.1, 0.15) is 33.1 Å². The van der Waals surface area contributed by atoms with Crippen molar-refractivity contribution >= 4 is 17.9 Å². The Morgan fingerprint density at radius 2 is 1.85 bits per heavy atom. The molecule has 114 valence electrons. The summed E-state index contributed by atoms with van der Waals surface area (Å²) in [6.07, 6.45) is 1.43. The molecule has 0 aromatic heterocycles. The number of nitrogens with two attached hydrogens (primary N) is 1. The number of carbonyl (C=O) groups is 3. The van der Waals surface area contributed by atoms with Gasteiger partial charge in [-0.05, 0) is 24.7 Å². The molecule has 0 unspecified atom stereocenters. The van der Waals surface area contributed by atoms with Crippen molar-refractivity contribution in [3.63, 3.8) is 0 Å². The third-order valence-electron chi connectivity index (χ3n) is 3.77. The Kier molecular flexibility index (Phi) is 5.79. The normalized spacial score (nSPS) is 17.9. The van der Waals surface area contributed by atoms with Crippen LogP contribution in [-0.2, 0) is 9.59 Å². The first kappa shape index (κ1) is 16.3. The number of carboxylic acid groups (broad SMARTS) is 1. The number of carboxylic acids is 1. The van der Waals surface area contributed by atoms with Gasteiger partial charge >= 0.3 is 12.0 Å². The Bertz CT molecular complexity index is 376. The van der Waals surface area contributed by atoms with Crippen molar-refractivity contribution in [2.75, 3.05) is 13.1 Å². The molecule has 1 fully saturated rings. The lowest BCUT2D eigenvalue weighted by Gasteiger charge is -2.34. The maximum Gasteiger partial charge on any atom is 0.326 e. The molecule has 0 radical (unpaired) electrons. The van der Waals surface area contributed by atoms with Gasteiger partial charge in [-0.15, -0.1) is 0 Å². The van der Waals surface area contributed by atoms with Gasteiger partial charge in [-0.1, -0.05) is 13.8 Å². The first-order valence-electron chi connectivity index (χ1n) is 6.87. The zero-order valence-electron chi connectivity index (χ0n) is 12.0. The van der Waals surface area contributed by atoms with Gasteiger partial charge in [-0.2, -0.15) is 0 Å². The second-order valence-electron chi connectivity index (χ2n) is 5.58.